The fourth-order valence-electron chi connectivity index (χ4n) is 3.04. The Morgan fingerprint density at radius 2 is 1.67 bits per heavy atom. The Balaban J connectivity index is 1.64. The molecule has 0 aliphatic rings. The van der Waals surface area contributed by atoms with Crippen LogP contribution in [0.4, 0.5) is 5.69 Å². The van der Waals surface area contributed by atoms with E-state index in [2.05, 4.69) is 17.4 Å². The van der Waals surface area contributed by atoms with Crippen molar-refractivity contribution in [2.75, 3.05) is 5.32 Å². The van der Waals surface area contributed by atoms with Gasteiger partial charge in [-0.15, -0.1) is 0 Å². The average molecular weight is 414 g/mol. The van der Waals surface area contributed by atoms with Crippen LogP contribution in [0.25, 0.3) is 23.0 Å². The predicted octanol–water partition coefficient (Wildman–Crippen LogP) is 6.15. The number of nitrogens with one attached hydrogen (secondary N) is 1. The van der Waals surface area contributed by atoms with E-state index >= 15 is 0 Å². The van der Waals surface area contributed by atoms with Crippen LogP contribution in [0, 0.1) is 6.92 Å². The van der Waals surface area contributed by atoms with Crippen LogP contribution in [0.3, 0.4) is 0 Å². The van der Waals surface area contributed by atoms with E-state index in [4.69, 9.17) is 16.7 Å². The van der Waals surface area contributed by atoms with Gasteiger partial charge < -0.3 is 5.32 Å². The van der Waals surface area contributed by atoms with Crippen molar-refractivity contribution in [3.63, 3.8) is 0 Å². The second kappa shape index (κ2) is 8.80. The predicted molar refractivity (Wildman–Crippen MR) is 123 cm³/mol. The number of aryl methyl sites for hydroxylation is 1. The summed E-state index contributed by atoms with van der Waals surface area (Å²) in [7, 11) is 0. The molecule has 0 unspecified atom stereocenters. The van der Waals surface area contributed by atoms with Gasteiger partial charge in [0, 0.05) is 34.1 Å². The van der Waals surface area contributed by atoms with Crippen molar-refractivity contribution in [3.05, 3.63) is 107 Å². The van der Waals surface area contributed by atoms with Crippen molar-refractivity contribution in [1.29, 1.82) is 0 Å². The summed E-state index contributed by atoms with van der Waals surface area (Å²) >= 11 is 5.89. The second-order valence-corrected chi connectivity index (χ2v) is 7.35. The first-order valence-corrected chi connectivity index (χ1v) is 9.93. The first-order valence-electron chi connectivity index (χ1n) is 9.55. The molecule has 0 radical (unpaired) electrons. The molecular formula is C25H20ClN3O. The summed E-state index contributed by atoms with van der Waals surface area (Å²) in [4.78, 5) is 12.4. The number of aromatic nitrogens is 2. The molecule has 0 aliphatic carbocycles. The molecule has 0 aliphatic heterocycles. The van der Waals surface area contributed by atoms with E-state index in [1.807, 2.05) is 60.3 Å². The number of carbonyl (C=O) groups is 1. The molecule has 0 saturated heterocycles. The minimum atomic E-state index is -0.223. The highest BCUT2D eigenvalue weighted by atomic mass is 35.5. The van der Waals surface area contributed by atoms with Crippen molar-refractivity contribution >= 4 is 29.3 Å². The van der Waals surface area contributed by atoms with Gasteiger partial charge in [0.2, 0.25) is 5.91 Å². The minimum absolute atomic E-state index is 0.223. The highest BCUT2D eigenvalue weighted by Gasteiger charge is 2.11. The number of carbonyl (C=O) groups excluding carboxylic acids is 1. The zero-order valence-electron chi connectivity index (χ0n) is 16.4. The van der Waals surface area contributed by atoms with Gasteiger partial charge in [0.15, 0.2) is 0 Å². The first kappa shape index (κ1) is 19.7. The largest absolute Gasteiger partial charge is 0.323 e. The molecular weight excluding hydrogens is 394 g/mol. The zero-order valence-corrected chi connectivity index (χ0v) is 17.2. The molecule has 4 rings (SSSR count). The maximum absolute atomic E-state index is 12.4. The van der Waals surface area contributed by atoms with Gasteiger partial charge >= 0.3 is 0 Å². The molecule has 1 heterocycles. The molecule has 4 aromatic rings. The van der Waals surface area contributed by atoms with Gasteiger partial charge in [-0.05, 0) is 49.4 Å². The van der Waals surface area contributed by atoms with Gasteiger partial charge in [0.1, 0.15) is 0 Å². The Bertz CT molecular complexity index is 1180. The fourth-order valence-corrected chi connectivity index (χ4v) is 3.17. The Morgan fingerprint density at radius 1 is 0.967 bits per heavy atom. The molecule has 0 spiro atoms. The molecule has 0 atom stereocenters. The lowest BCUT2D eigenvalue weighted by atomic mass is 10.1. The molecule has 1 N–H and O–H groups in total. The van der Waals surface area contributed by atoms with E-state index in [0.717, 1.165) is 22.5 Å². The highest BCUT2D eigenvalue weighted by Crippen LogP contribution is 2.25. The third kappa shape index (κ3) is 4.67. The number of hydrogen-bond donors (Lipinski definition) is 1. The third-order valence-electron chi connectivity index (χ3n) is 4.61. The van der Waals surface area contributed by atoms with Crippen LogP contribution in [0.5, 0.6) is 0 Å². The average Bonchev–Trinajstić information content (AvgIpc) is 3.19. The van der Waals surface area contributed by atoms with E-state index in [1.54, 1.807) is 30.3 Å². The van der Waals surface area contributed by atoms with E-state index in [1.165, 1.54) is 11.6 Å². The summed E-state index contributed by atoms with van der Waals surface area (Å²) in [6, 6.07) is 25.1. The topological polar surface area (TPSA) is 46.9 Å². The van der Waals surface area contributed by atoms with Crippen molar-refractivity contribution in [2.24, 2.45) is 0 Å². The Kier molecular flexibility index (Phi) is 5.77. The SMILES string of the molecule is Cc1ccc(-c2nn(-c3ccccc3)cc2/C=C/C(=O)Nc2ccc(Cl)cc2)cc1. The smallest absolute Gasteiger partial charge is 0.248 e. The number of anilines is 1. The van der Waals surface area contributed by atoms with Crippen molar-refractivity contribution in [3.8, 4) is 16.9 Å². The van der Waals surface area contributed by atoms with Crippen LogP contribution in [0.15, 0.2) is 91.1 Å². The lowest BCUT2D eigenvalue weighted by molar-refractivity contribution is -0.111. The van der Waals surface area contributed by atoms with Crippen LogP contribution >= 0.6 is 11.6 Å². The second-order valence-electron chi connectivity index (χ2n) is 6.91. The molecule has 0 fully saturated rings. The van der Waals surface area contributed by atoms with Crippen molar-refractivity contribution in [1.82, 2.24) is 9.78 Å². The van der Waals surface area contributed by atoms with E-state index in [-0.39, 0.29) is 5.91 Å². The molecule has 148 valence electrons. The lowest BCUT2D eigenvalue weighted by Crippen LogP contribution is -2.07. The fraction of sp³-hybridized carbons (Fsp3) is 0.0400. The maximum atomic E-state index is 12.4. The van der Waals surface area contributed by atoms with Gasteiger partial charge in [-0.2, -0.15) is 5.10 Å². The van der Waals surface area contributed by atoms with Crippen molar-refractivity contribution in [2.45, 2.75) is 6.92 Å². The van der Waals surface area contributed by atoms with E-state index in [9.17, 15) is 4.79 Å². The summed E-state index contributed by atoms with van der Waals surface area (Å²) in [5, 5.41) is 8.23. The van der Waals surface area contributed by atoms with Gasteiger partial charge in [-0.3, -0.25) is 4.79 Å². The van der Waals surface area contributed by atoms with Crippen LogP contribution in [0.2, 0.25) is 5.02 Å². The van der Waals surface area contributed by atoms with Gasteiger partial charge in [-0.25, -0.2) is 4.68 Å². The number of rotatable bonds is 5. The third-order valence-corrected chi connectivity index (χ3v) is 4.87. The monoisotopic (exact) mass is 413 g/mol. The number of benzene rings is 3. The van der Waals surface area contributed by atoms with Crippen LogP contribution in [-0.4, -0.2) is 15.7 Å². The zero-order chi connectivity index (χ0) is 20.9. The number of amides is 1. The molecule has 4 nitrogen and oxygen atoms in total. The number of para-hydroxylation sites is 1. The Labute approximate surface area is 180 Å². The molecule has 0 saturated carbocycles. The van der Waals surface area contributed by atoms with Gasteiger partial charge in [0.05, 0.1) is 11.4 Å². The summed E-state index contributed by atoms with van der Waals surface area (Å²) in [6.07, 6.45) is 5.22. The number of hydrogen-bond acceptors (Lipinski definition) is 2. The molecule has 5 heteroatoms. The van der Waals surface area contributed by atoms with Crippen LogP contribution in [0.1, 0.15) is 11.1 Å². The van der Waals surface area contributed by atoms with E-state index < -0.39 is 0 Å². The minimum Gasteiger partial charge on any atom is -0.323 e. The quantitative estimate of drug-likeness (QED) is 0.398. The van der Waals surface area contributed by atoms with Crippen molar-refractivity contribution < 1.29 is 4.79 Å². The molecule has 1 amide bonds. The first-order chi connectivity index (χ1) is 14.6. The van der Waals surface area contributed by atoms with E-state index in [0.29, 0.717) is 10.7 Å². The molecule has 1 aromatic heterocycles. The molecule has 3 aromatic carbocycles. The van der Waals surface area contributed by atoms with Gasteiger partial charge in [-0.1, -0.05) is 59.6 Å². The summed E-state index contributed by atoms with van der Waals surface area (Å²) in [6.45, 7) is 2.05. The number of halogens is 1. The van der Waals surface area contributed by atoms with Gasteiger partial charge in [0.25, 0.3) is 0 Å². The maximum Gasteiger partial charge on any atom is 0.248 e. The summed E-state index contributed by atoms with van der Waals surface area (Å²) in [5.41, 5.74) is 5.49. The molecule has 30 heavy (non-hydrogen) atoms. The normalized spacial score (nSPS) is 11.0. The number of nitrogens with zero attached hydrogens (tertiary/aromatic N) is 2. The standard InChI is InChI=1S/C25H20ClN3O/c1-18-7-9-19(10-8-18)25-20(17-29(28-25)23-5-3-2-4-6-23)11-16-24(30)27-22-14-12-21(26)13-15-22/h2-17H,1H3,(H,27,30)/b16-11+. The Morgan fingerprint density at radius 3 is 2.37 bits per heavy atom. The summed E-state index contributed by atoms with van der Waals surface area (Å²) < 4.78 is 1.83. The highest BCUT2D eigenvalue weighted by molar-refractivity contribution is 6.30. The lowest BCUT2D eigenvalue weighted by Gasteiger charge is -2.02. The summed E-state index contributed by atoms with van der Waals surface area (Å²) in [5.74, 6) is -0.223. The Hall–Kier alpha value is -3.63. The van der Waals surface area contributed by atoms with Crippen LogP contribution in [-0.2, 0) is 4.79 Å². The molecule has 0 bridgehead atoms. The van der Waals surface area contributed by atoms with Crippen LogP contribution < -0.4 is 5.32 Å².